The Hall–Kier alpha value is -2.84. The van der Waals surface area contributed by atoms with Gasteiger partial charge in [0.25, 0.3) is 0 Å². The van der Waals surface area contributed by atoms with Crippen molar-refractivity contribution in [2.45, 2.75) is 82.5 Å². The van der Waals surface area contributed by atoms with Crippen molar-refractivity contribution in [2.75, 3.05) is 12.4 Å². The van der Waals surface area contributed by atoms with Crippen molar-refractivity contribution in [2.24, 2.45) is 5.92 Å². The summed E-state index contributed by atoms with van der Waals surface area (Å²) in [6.07, 6.45) is 4.69. The topological polar surface area (TPSA) is 84.9 Å². The summed E-state index contributed by atoms with van der Waals surface area (Å²) in [6.45, 7) is 4.01. The maximum Gasteiger partial charge on any atom is 0.329 e. The Bertz CT molecular complexity index is 1080. The molecule has 1 N–H and O–H groups in total. The Labute approximate surface area is 236 Å². The van der Waals surface area contributed by atoms with Gasteiger partial charge in [-0.15, -0.1) is 0 Å². The van der Waals surface area contributed by atoms with Gasteiger partial charge in [0.1, 0.15) is 18.7 Å². The Morgan fingerprint density at radius 2 is 1.64 bits per heavy atom. The van der Waals surface area contributed by atoms with Crippen LogP contribution in [0.5, 0.6) is 0 Å². The first-order valence-electron chi connectivity index (χ1n) is 14.0. The Balaban J connectivity index is 1.42. The van der Waals surface area contributed by atoms with Crippen LogP contribution in [0.25, 0.3) is 0 Å². The van der Waals surface area contributed by atoms with E-state index in [1.165, 1.54) is 5.56 Å². The van der Waals surface area contributed by atoms with Crippen LogP contribution >= 0.6 is 11.8 Å². The lowest BCUT2D eigenvalue weighted by Crippen LogP contribution is -2.56. The molecule has 0 unspecified atom stereocenters. The number of hydrogen-bond donors (Lipinski definition) is 1. The third-order valence-corrected chi connectivity index (χ3v) is 8.73. The van der Waals surface area contributed by atoms with Gasteiger partial charge in [0.15, 0.2) is 0 Å². The van der Waals surface area contributed by atoms with E-state index in [9.17, 15) is 14.4 Å². The van der Waals surface area contributed by atoms with E-state index in [0.29, 0.717) is 18.1 Å². The van der Waals surface area contributed by atoms with Gasteiger partial charge in [-0.25, -0.2) is 4.79 Å². The Morgan fingerprint density at radius 3 is 2.33 bits per heavy atom. The monoisotopic (exact) mass is 552 g/mol. The smallest absolute Gasteiger partial charge is 0.329 e. The van der Waals surface area contributed by atoms with Crippen molar-refractivity contribution < 1.29 is 23.9 Å². The van der Waals surface area contributed by atoms with Gasteiger partial charge in [-0.1, -0.05) is 73.5 Å². The summed E-state index contributed by atoms with van der Waals surface area (Å²) in [5, 5.41) is 3.24. The van der Waals surface area contributed by atoms with E-state index in [1.807, 2.05) is 48.5 Å². The zero-order valence-corrected chi connectivity index (χ0v) is 23.7. The number of thioether (sulfide) groups is 1. The molecule has 2 aromatic rings. The van der Waals surface area contributed by atoms with E-state index < -0.39 is 18.1 Å². The van der Waals surface area contributed by atoms with Gasteiger partial charge in [-0.3, -0.25) is 14.9 Å². The summed E-state index contributed by atoms with van der Waals surface area (Å²) in [6, 6.07) is 17.8. The lowest BCUT2D eigenvalue weighted by molar-refractivity contribution is -0.156. The van der Waals surface area contributed by atoms with Crippen LogP contribution in [-0.2, 0) is 36.2 Å². The van der Waals surface area contributed by atoms with Gasteiger partial charge in [0, 0.05) is 17.5 Å². The van der Waals surface area contributed by atoms with Gasteiger partial charge in [0.05, 0.1) is 12.6 Å². The minimum absolute atomic E-state index is 0.0262. The van der Waals surface area contributed by atoms with E-state index in [2.05, 4.69) is 17.4 Å². The first-order chi connectivity index (χ1) is 19.0. The van der Waals surface area contributed by atoms with Crippen molar-refractivity contribution in [1.82, 2.24) is 10.2 Å². The van der Waals surface area contributed by atoms with Gasteiger partial charge in [0.2, 0.25) is 5.91 Å². The number of fused-ring (bicyclic) bond motifs is 1. The number of ether oxygens (including phenoxy) is 2. The average Bonchev–Trinajstić information content (AvgIpc) is 3.36. The lowest BCUT2D eigenvalue weighted by atomic mass is 9.84. The summed E-state index contributed by atoms with van der Waals surface area (Å²) >= 11 is 1.62. The van der Waals surface area contributed by atoms with Crippen LogP contribution in [-0.4, -0.2) is 59.3 Å². The Morgan fingerprint density at radius 1 is 0.974 bits per heavy atom. The molecule has 0 spiro atoms. The number of rotatable bonds is 12. The summed E-state index contributed by atoms with van der Waals surface area (Å²) in [7, 11) is 0. The van der Waals surface area contributed by atoms with E-state index in [-0.39, 0.29) is 37.1 Å². The standard InChI is InChI=1S/C31H40N2O5S/c1-3-37-30(35)26(21-39-20-24-14-8-5-9-15-24)32-22(2)29(34)33-27-17-11-10-16-25(27)18-28(33)31(36)38-19-23-12-6-4-7-13-23/h4-9,12-15,22,25-28,32H,3,10-11,16-21H2,1-2H3/t22-,25+,26-,27+,28-/m0/s1. The molecule has 1 aliphatic heterocycles. The molecule has 2 aliphatic rings. The second kappa shape index (κ2) is 14.5. The molecule has 5 atom stereocenters. The van der Waals surface area contributed by atoms with Crippen molar-refractivity contribution >= 4 is 29.6 Å². The molecule has 0 radical (unpaired) electrons. The molecule has 39 heavy (non-hydrogen) atoms. The molecule has 7 nitrogen and oxygen atoms in total. The van der Waals surface area contributed by atoms with Crippen LogP contribution < -0.4 is 5.32 Å². The maximum absolute atomic E-state index is 13.9. The van der Waals surface area contributed by atoms with E-state index in [1.54, 1.807) is 30.5 Å². The minimum Gasteiger partial charge on any atom is -0.465 e. The molecule has 8 heteroatoms. The molecular weight excluding hydrogens is 512 g/mol. The van der Waals surface area contributed by atoms with Crippen molar-refractivity contribution in [3.05, 3.63) is 71.8 Å². The van der Waals surface area contributed by atoms with Crippen LogP contribution in [0, 0.1) is 5.92 Å². The first-order valence-corrected chi connectivity index (χ1v) is 15.2. The molecule has 2 fully saturated rings. The van der Waals surface area contributed by atoms with Gasteiger partial charge < -0.3 is 14.4 Å². The average molecular weight is 553 g/mol. The van der Waals surface area contributed by atoms with Crippen molar-refractivity contribution in [3.63, 3.8) is 0 Å². The zero-order chi connectivity index (χ0) is 27.6. The molecule has 2 aromatic carbocycles. The number of likely N-dealkylation sites (tertiary alicyclic amines) is 1. The van der Waals surface area contributed by atoms with Gasteiger partial charge in [-0.05, 0) is 50.2 Å². The second-order valence-electron chi connectivity index (χ2n) is 10.4. The number of amides is 1. The number of carbonyl (C=O) groups is 3. The molecule has 1 heterocycles. The number of nitrogens with one attached hydrogen (secondary N) is 1. The number of carbonyl (C=O) groups excluding carboxylic acids is 3. The number of nitrogens with zero attached hydrogens (tertiary/aromatic N) is 1. The van der Waals surface area contributed by atoms with E-state index in [0.717, 1.165) is 37.0 Å². The van der Waals surface area contributed by atoms with Crippen LogP contribution in [0.2, 0.25) is 0 Å². The normalized spacial score (nSPS) is 22.0. The highest BCUT2D eigenvalue weighted by molar-refractivity contribution is 7.98. The predicted molar refractivity (Wildman–Crippen MR) is 153 cm³/mol. The number of benzene rings is 2. The van der Waals surface area contributed by atoms with Crippen molar-refractivity contribution in [1.29, 1.82) is 0 Å². The minimum atomic E-state index is -0.651. The fourth-order valence-corrected chi connectivity index (χ4v) is 6.72. The fourth-order valence-electron chi connectivity index (χ4n) is 5.70. The number of esters is 2. The van der Waals surface area contributed by atoms with E-state index in [4.69, 9.17) is 9.47 Å². The highest BCUT2D eigenvalue weighted by Gasteiger charge is 2.49. The summed E-state index contributed by atoms with van der Waals surface area (Å²) in [4.78, 5) is 41.7. The second-order valence-corrected chi connectivity index (χ2v) is 11.4. The predicted octanol–water partition coefficient (Wildman–Crippen LogP) is 4.73. The zero-order valence-electron chi connectivity index (χ0n) is 22.9. The molecule has 1 amide bonds. The van der Waals surface area contributed by atoms with Crippen LogP contribution in [0.3, 0.4) is 0 Å². The molecule has 210 valence electrons. The Kier molecular flexibility index (Phi) is 10.9. The molecule has 0 bridgehead atoms. The van der Waals surface area contributed by atoms with Gasteiger partial charge in [-0.2, -0.15) is 11.8 Å². The third-order valence-electron chi connectivity index (χ3n) is 7.63. The molecule has 1 aliphatic carbocycles. The highest BCUT2D eigenvalue weighted by atomic mass is 32.2. The number of hydrogen-bond acceptors (Lipinski definition) is 7. The summed E-state index contributed by atoms with van der Waals surface area (Å²) in [5.74, 6) is 0.647. The van der Waals surface area contributed by atoms with Crippen LogP contribution in [0.15, 0.2) is 60.7 Å². The first kappa shape index (κ1) is 29.2. The highest BCUT2D eigenvalue weighted by Crippen LogP contribution is 2.40. The summed E-state index contributed by atoms with van der Waals surface area (Å²) < 4.78 is 11.0. The molecule has 1 saturated carbocycles. The van der Waals surface area contributed by atoms with E-state index >= 15 is 0 Å². The molecule has 4 rings (SSSR count). The lowest BCUT2D eigenvalue weighted by Gasteiger charge is -2.35. The molecular formula is C31H40N2O5S. The maximum atomic E-state index is 13.9. The molecule has 0 aromatic heterocycles. The quantitative estimate of drug-likeness (QED) is 0.381. The van der Waals surface area contributed by atoms with Crippen LogP contribution in [0.1, 0.15) is 57.1 Å². The van der Waals surface area contributed by atoms with Gasteiger partial charge >= 0.3 is 11.9 Å². The largest absolute Gasteiger partial charge is 0.465 e. The SMILES string of the molecule is CCOC(=O)[C@H](CSCc1ccccc1)N[C@@H](C)C(=O)N1[C@@H]2CCCC[C@@H]2C[C@H]1C(=O)OCc1ccccc1. The third kappa shape index (κ3) is 7.85. The molecule has 1 saturated heterocycles. The fraction of sp³-hybridized carbons (Fsp3) is 0.516. The van der Waals surface area contributed by atoms with Crippen LogP contribution in [0.4, 0.5) is 0 Å². The summed E-state index contributed by atoms with van der Waals surface area (Å²) in [5.41, 5.74) is 2.09. The van der Waals surface area contributed by atoms with Crippen molar-refractivity contribution in [3.8, 4) is 0 Å².